The first-order valence-corrected chi connectivity index (χ1v) is 12.0. The molecule has 0 N–H and O–H groups in total. The molecule has 0 rings (SSSR count). The summed E-state index contributed by atoms with van der Waals surface area (Å²) in [6, 6.07) is 0. The molecule has 0 aromatic carbocycles. The summed E-state index contributed by atoms with van der Waals surface area (Å²) < 4.78 is 24.3. The average molecular weight is 423 g/mol. The standard InChI is InChI=1S/C26H46O4/c1-6-11-16-17-18-19-20-25(27-21-12-7-2)26(28-22-13-8-3,29-23-14-9-4)30-24-15-10-5/h12-15,21-25H,6-11,16-20H2,1-5H3. The molecule has 0 aliphatic carbocycles. The molecule has 174 valence electrons. The molecular formula is C26H46O4. The van der Waals surface area contributed by atoms with E-state index in [9.17, 15) is 0 Å². The van der Waals surface area contributed by atoms with Gasteiger partial charge in [-0.2, -0.15) is 0 Å². The number of hydrogen-bond donors (Lipinski definition) is 0. The first-order valence-electron chi connectivity index (χ1n) is 12.0. The molecule has 0 aromatic rings. The van der Waals surface area contributed by atoms with Crippen molar-refractivity contribution in [3.8, 4) is 0 Å². The topological polar surface area (TPSA) is 36.9 Å². The number of rotatable bonds is 20. The monoisotopic (exact) mass is 422 g/mol. The molecule has 30 heavy (non-hydrogen) atoms. The van der Waals surface area contributed by atoms with Gasteiger partial charge in [-0.25, -0.2) is 0 Å². The summed E-state index contributed by atoms with van der Waals surface area (Å²) in [7, 11) is 0. The third kappa shape index (κ3) is 13.4. The summed E-state index contributed by atoms with van der Waals surface area (Å²) in [5.74, 6) is -1.37. The predicted molar refractivity (Wildman–Crippen MR) is 127 cm³/mol. The highest BCUT2D eigenvalue weighted by Crippen LogP contribution is 2.29. The summed E-state index contributed by atoms with van der Waals surface area (Å²) in [6.45, 7) is 10.5. The van der Waals surface area contributed by atoms with Gasteiger partial charge in [-0.1, -0.05) is 72.8 Å². The Morgan fingerprint density at radius 3 is 1.47 bits per heavy atom. The van der Waals surface area contributed by atoms with Crippen LogP contribution in [-0.4, -0.2) is 12.1 Å². The van der Waals surface area contributed by atoms with Gasteiger partial charge in [-0.05, 0) is 56.8 Å². The zero-order valence-corrected chi connectivity index (χ0v) is 20.1. The molecule has 1 atom stereocenters. The fraction of sp³-hybridized carbons (Fsp3) is 0.692. The second-order valence-corrected chi connectivity index (χ2v) is 7.26. The van der Waals surface area contributed by atoms with Crippen LogP contribution < -0.4 is 0 Å². The minimum Gasteiger partial charge on any atom is -0.486 e. The highest BCUT2D eigenvalue weighted by Gasteiger charge is 2.46. The molecule has 0 saturated carbocycles. The van der Waals surface area contributed by atoms with Gasteiger partial charge in [0.05, 0.1) is 25.0 Å². The molecule has 0 aliphatic rings. The van der Waals surface area contributed by atoms with Gasteiger partial charge in [-0.15, -0.1) is 0 Å². The van der Waals surface area contributed by atoms with E-state index in [1.807, 2.05) is 24.3 Å². The lowest BCUT2D eigenvalue weighted by atomic mass is 10.1. The Kier molecular flexibility index (Phi) is 19.2. The van der Waals surface area contributed by atoms with E-state index < -0.39 is 12.1 Å². The second kappa shape index (κ2) is 20.4. The van der Waals surface area contributed by atoms with Crippen molar-refractivity contribution in [1.82, 2.24) is 0 Å². The lowest BCUT2D eigenvalue weighted by Gasteiger charge is -2.36. The lowest BCUT2D eigenvalue weighted by Crippen LogP contribution is -2.48. The largest absolute Gasteiger partial charge is 0.486 e. The van der Waals surface area contributed by atoms with E-state index in [0.29, 0.717) is 0 Å². The SMILES string of the molecule is CCC=COC(CCCCCCCC)C(OC=CCC)(OC=CCC)OC=CCC. The van der Waals surface area contributed by atoms with Crippen LogP contribution in [0.5, 0.6) is 0 Å². The van der Waals surface area contributed by atoms with E-state index in [2.05, 4.69) is 34.6 Å². The maximum absolute atomic E-state index is 6.11. The maximum Gasteiger partial charge on any atom is 0.455 e. The highest BCUT2D eigenvalue weighted by molar-refractivity contribution is 4.87. The summed E-state index contributed by atoms with van der Waals surface area (Å²) >= 11 is 0. The maximum atomic E-state index is 6.11. The van der Waals surface area contributed by atoms with Crippen molar-refractivity contribution in [2.45, 2.75) is 117 Å². The van der Waals surface area contributed by atoms with Crippen molar-refractivity contribution in [2.24, 2.45) is 0 Å². The molecule has 4 nitrogen and oxygen atoms in total. The fourth-order valence-corrected chi connectivity index (χ4v) is 2.71. The second-order valence-electron chi connectivity index (χ2n) is 7.26. The lowest BCUT2D eigenvalue weighted by molar-refractivity contribution is -0.359. The van der Waals surface area contributed by atoms with Crippen molar-refractivity contribution in [3.05, 3.63) is 49.4 Å². The molecule has 0 bridgehead atoms. The number of ether oxygens (including phenoxy) is 4. The van der Waals surface area contributed by atoms with Gasteiger partial charge in [0.15, 0.2) is 0 Å². The Balaban J connectivity index is 5.57. The first kappa shape index (κ1) is 28.2. The van der Waals surface area contributed by atoms with Gasteiger partial charge in [0.1, 0.15) is 0 Å². The molecule has 0 aromatic heterocycles. The number of hydrogen-bond acceptors (Lipinski definition) is 4. The van der Waals surface area contributed by atoms with Crippen LogP contribution in [0.4, 0.5) is 0 Å². The third-order valence-corrected chi connectivity index (χ3v) is 4.48. The van der Waals surface area contributed by atoms with Gasteiger partial charge < -0.3 is 18.9 Å². The van der Waals surface area contributed by atoms with Crippen molar-refractivity contribution in [1.29, 1.82) is 0 Å². The van der Waals surface area contributed by atoms with Gasteiger partial charge in [-0.3, -0.25) is 0 Å². The minimum absolute atomic E-state index is 0.406. The quantitative estimate of drug-likeness (QED) is 0.112. The molecule has 0 saturated heterocycles. The Hall–Kier alpha value is -1.84. The average Bonchev–Trinajstić information content (AvgIpc) is 2.75. The van der Waals surface area contributed by atoms with Gasteiger partial charge in [0, 0.05) is 0 Å². The summed E-state index contributed by atoms with van der Waals surface area (Å²) in [5.41, 5.74) is 0. The molecule has 0 spiro atoms. The van der Waals surface area contributed by atoms with Crippen molar-refractivity contribution in [2.75, 3.05) is 0 Å². The van der Waals surface area contributed by atoms with Crippen LogP contribution in [0.3, 0.4) is 0 Å². The molecule has 0 fully saturated rings. The fourth-order valence-electron chi connectivity index (χ4n) is 2.71. The van der Waals surface area contributed by atoms with Crippen LogP contribution >= 0.6 is 0 Å². The zero-order chi connectivity index (χ0) is 22.3. The Morgan fingerprint density at radius 2 is 1.00 bits per heavy atom. The van der Waals surface area contributed by atoms with Crippen LogP contribution in [0.25, 0.3) is 0 Å². The predicted octanol–water partition coefficient (Wildman–Crippen LogP) is 8.52. The van der Waals surface area contributed by atoms with E-state index in [0.717, 1.165) is 44.9 Å². The van der Waals surface area contributed by atoms with Crippen LogP contribution in [-0.2, 0) is 18.9 Å². The molecule has 4 heteroatoms. The van der Waals surface area contributed by atoms with Gasteiger partial charge in [0.25, 0.3) is 0 Å². The van der Waals surface area contributed by atoms with Crippen LogP contribution in [0, 0.1) is 0 Å². The first-order chi connectivity index (χ1) is 14.7. The summed E-state index contributed by atoms with van der Waals surface area (Å²) in [5, 5.41) is 0. The van der Waals surface area contributed by atoms with Crippen molar-refractivity contribution in [3.63, 3.8) is 0 Å². The van der Waals surface area contributed by atoms with Crippen LogP contribution in [0.1, 0.15) is 105 Å². The molecular weight excluding hydrogens is 376 g/mol. The Morgan fingerprint density at radius 1 is 0.567 bits per heavy atom. The molecule has 1 unspecified atom stereocenters. The summed E-state index contributed by atoms with van der Waals surface area (Å²) in [6.07, 6.45) is 25.6. The van der Waals surface area contributed by atoms with Gasteiger partial charge >= 0.3 is 5.97 Å². The minimum atomic E-state index is -1.37. The van der Waals surface area contributed by atoms with E-state index in [4.69, 9.17) is 18.9 Å². The Bertz CT molecular complexity index is 439. The van der Waals surface area contributed by atoms with E-state index in [1.165, 1.54) is 25.7 Å². The molecule has 0 amide bonds. The molecule has 0 aliphatic heterocycles. The zero-order valence-electron chi connectivity index (χ0n) is 20.1. The number of allylic oxidation sites excluding steroid dienone is 4. The molecule has 0 heterocycles. The van der Waals surface area contributed by atoms with Crippen LogP contribution in [0.2, 0.25) is 0 Å². The smallest absolute Gasteiger partial charge is 0.455 e. The van der Waals surface area contributed by atoms with E-state index in [-0.39, 0.29) is 0 Å². The summed E-state index contributed by atoms with van der Waals surface area (Å²) in [4.78, 5) is 0. The van der Waals surface area contributed by atoms with Gasteiger partial charge in [0.2, 0.25) is 6.10 Å². The normalized spacial score (nSPS) is 15.2. The van der Waals surface area contributed by atoms with E-state index in [1.54, 1.807) is 25.0 Å². The molecule has 0 radical (unpaired) electrons. The van der Waals surface area contributed by atoms with Crippen molar-refractivity contribution < 1.29 is 18.9 Å². The highest BCUT2D eigenvalue weighted by atomic mass is 16.9. The van der Waals surface area contributed by atoms with E-state index >= 15 is 0 Å². The third-order valence-electron chi connectivity index (χ3n) is 4.48. The van der Waals surface area contributed by atoms with Crippen LogP contribution in [0.15, 0.2) is 49.4 Å². The van der Waals surface area contributed by atoms with Crippen molar-refractivity contribution >= 4 is 0 Å². The Labute approximate surface area is 186 Å². The number of unbranched alkanes of at least 4 members (excludes halogenated alkanes) is 5.